The standard InChI is InChI=1S/C17H22ClN3/c1-3-19-12-15-16(18)9-7-10-17(15)21(4-2)13-14-8-5-6-11-20-14/h5-11,19H,3-4,12-13H2,1-2H3. The first-order chi connectivity index (χ1) is 10.3. The number of hydrogen-bond donors (Lipinski definition) is 1. The van der Waals surface area contributed by atoms with Crippen molar-refractivity contribution in [2.45, 2.75) is 26.9 Å². The molecule has 0 fully saturated rings. The van der Waals surface area contributed by atoms with Crippen molar-refractivity contribution >= 4 is 17.3 Å². The molecule has 0 radical (unpaired) electrons. The third-order valence-corrected chi connectivity index (χ3v) is 3.80. The number of nitrogens with one attached hydrogen (secondary N) is 1. The average Bonchev–Trinajstić information content (AvgIpc) is 2.52. The van der Waals surface area contributed by atoms with Gasteiger partial charge in [-0.15, -0.1) is 0 Å². The number of hydrogen-bond acceptors (Lipinski definition) is 3. The van der Waals surface area contributed by atoms with Gasteiger partial charge in [0.15, 0.2) is 0 Å². The summed E-state index contributed by atoms with van der Waals surface area (Å²) in [5.74, 6) is 0. The fourth-order valence-corrected chi connectivity index (χ4v) is 2.56. The first-order valence-electron chi connectivity index (χ1n) is 7.39. The number of benzene rings is 1. The number of halogens is 1. The minimum atomic E-state index is 0.782. The second kappa shape index (κ2) is 8.01. The molecule has 112 valence electrons. The quantitative estimate of drug-likeness (QED) is 0.841. The van der Waals surface area contributed by atoms with Gasteiger partial charge in [0.2, 0.25) is 0 Å². The third kappa shape index (κ3) is 4.19. The molecule has 21 heavy (non-hydrogen) atoms. The van der Waals surface area contributed by atoms with Crippen LogP contribution < -0.4 is 10.2 Å². The third-order valence-electron chi connectivity index (χ3n) is 3.45. The molecule has 0 spiro atoms. The van der Waals surface area contributed by atoms with Crippen molar-refractivity contribution in [3.63, 3.8) is 0 Å². The highest BCUT2D eigenvalue weighted by Crippen LogP contribution is 2.28. The van der Waals surface area contributed by atoms with E-state index in [9.17, 15) is 0 Å². The van der Waals surface area contributed by atoms with Crippen LogP contribution in [0, 0.1) is 0 Å². The van der Waals surface area contributed by atoms with Gasteiger partial charge in [0, 0.05) is 35.6 Å². The van der Waals surface area contributed by atoms with Crippen molar-refractivity contribution in [3.05, 3.63) is 58.9 Å². The fraction of sp³-hybridized carbons (Fsp3) is 0.353. The number of aromatic nitrogens is 1. The predicted octanol–water partition coefficient (Wildman–Crippen LogP) is 3.87. The Morgan fingerprint density at radius 2 is 2.00 bits per heavy atom. The van der Waals surface area contributed by atoms with Crippen LogP contribution in [-0.2, 0) is 13.1 Å². The molecule has 1 heterocycles. The zero-order chi connectivity index (χ0) is 15.1. The highest BCUT2D eigenvalue weighted by molar-refractivity contribution is 6.31. The second-order valence-electron chi connectivity index (χ2n) is 4.85. The molecule has 0 unspecified atom stereocenters. The molecule has 0 bridgehead atoms. The number of anilines is 1. The fourth-order valence-electron chi connectivity index (χ4n) is 2.32. The van der Waals surface area contributed by atoms with E-state index < -0.39 is 0 Å². The van der Waals surface area contributed by atoms with Gasteiger partial charge >= 0.3 is 0 Å². The lowest BCUT2D eigenvalue weighted by molar-refractivity contribution is 0.717. The van der Waals surface area contributed by atoms with Crippen molar-refractivity contribution < 1.29 is 0 Å². The van der Waals surface area contributed by atoms with Gasteiger partial charge in [-0.3, -0.25) is 4.98 Å². The Balaban J connectivity index is 2.27. The van der Waals surface area contributed by atoms with E-state index >= 15 is 0 Å². The molecule has 0 saturated carbocycles. The lowest BCUT2D eigenvalue weighted by atomic mass is 10.1. The van der Waals surface area contributed by atoms with E-state index in [2.05, 4.69) is 41.2 Å². The van der Waals surface area contributed by atoms with E-state index in [0.717, 1.165) is 42.5 Å². The molecule has 0 aliphatic carbocycles. The number of pyridine rings is 1. The molecule has 0 aliphatic rings. The van der Waals surface area contributed by atoms with E-state index in [1.165, 1.54) is 5.69 Å². The second-order valence-corrected chi connectivity index (χ2v) is 5.26. The summed E-state index contributed by atoms with van der Waals surface area (Å²) >= 11 is 6.39. The summed E-state index contributed by atoms with van der Waals surface area (Å²) in [5.41, 5.74) is 3.39. The maximum atomic E-state index is 6.39. The Labute approximate surface area is 132 Å². The van der Waals surface area contributed by atoms with Crippen molar-refractivity contribution in [2.75, 3.05) is 18.0 Å². The average molecular weight is 304 g/mol. The summed E-state index contributed by atoms with van der Waals surface area (Å²) < 4.78 is 0. The van der Waals surface area contributed by atoms with Crippen molar-refractivity contribution in [2.24, 2.45) is 0 Å². The van der Waals surface area contributed by atoms with Crippen LogP contribution in [0.3, 0.4) is 0 Å². The highest BCUT2D eigenvalue weighted by atomic mass is 35.5. The monoisotopic (exact) mass is 303 g/mol. The Hall–Kier alpha value is -1.58. The van der Waals surface area contributed by atoms with Gasteiger partial charge < -0.3 is 10.2 Å². The summed E-state index contributed by atoms with van der Waals surface area (Å²) in [6.45, 7) is 7.66. The zero-order valence-electron chi connectivity index (χ0n) is 12.6. The topological polar surface area (TPSA) is 28.2 Å². The number of nitrogens with zero attached hydrogens (tertiary/aromatic N) is 2. The maximum Gasteiger partial charge on any atom is 0.0602 e. The Kier molecular flexibility index (Phi) is 6.03. The molecular formula is C17H22ClN3. The molecule has 4 heteroatoms. The van der Waals surface area contributed by atoms with Gasteiger partial charge in [-0.05, 0) is 37.7 Å². The van der Waals surface area contributed by atoms with Gasteiger partial charge in [-0.2, -0.15) is 0 Å². The number of rotatable bonds is 7. The zero-order valence-corrected chi connectivity index (χ0v) is 13.4. The van der Waals surface area contributed by atoms with E-state index in [0.29, 0.717) is 0 Å². The van der Waals surface area contributed by atoms with Crippen LogP contribution in [0.5, 0.6) is 0 Å². The molecule has 0 saturated heterocycles. The minimum absolute atomic E-state index is 0.782. The van der Waals surface area contributed by atoms with Gasteiger partial charge in [0.25, 0.3) is 0 Å². The van der Waals surface area contributed by atoms with Gasteiger partial charge in [0.05, 0.1) is 12.2 Å². The van der Waals surface area contributed by atoms with Crippen LogP contribution in [0.2, 0.25) is 5.02 Å². The van der Waals surface area contributed by atoms with Crippen molar-refractivity contribution in [3.8, 4) is 0 Å². The molecule has 1 aromatic heterocycles. The van der Waals surface area contributed by atoms with Crippen LogP contribution in [0.15, 0.2) is 42.6 Å². The first-order valence-corrected chi connectivity index (χ1v) is 7.77. The molecule has 0 aliphatic heterocycles. The van der Waals surface area contributed by atoms with Crippen LogP contribution in [-0.4, -0.2) is 18.1 Å². The molecule has 3 nitrogen and oxygen atoms in total. The SMILES string of the molecule is CCNCc1c(Cl)cccc1N(CC)Cc1ccccn1. The van der Waals surface area contributed by atoms with Crippen LogP contribution in [0.25, 0.3) is 0 Å². The predicted molar refractivity (Wildman–Crippen MR) is 89.8 cm³/mol. The van der Waals surface area contributed by atoms with E-state index in [1.807, 2.05) is 30.5 Å². The van der Waals surface area contributed by atoms with Crippen LogP contribution in [0.1, 0.15) is 25.1 Å². The minimum Gasteiger partial charge on any atom is -0.366 e. The normalized spacial score (nSPS) is 10.6. The Morgan fingerprint density at radius 3 is 2.67 bits per heavy atom. The van der Waals surface area contributed by atoms with E-state index in [4.69, 9.17) is 11.6 Å². The Morgan fingerprint density at radius 1 is 1.14 bits per heavy atom. The van der Waals surface area contributed by atoms with Gasteiger partial charge in [-0.25, -0.2) is 0 Å². The summed E-state index contributed by atoms with van der Waals surface area (Å²) in [7, 11) is 0. The summed E-state index contributed by atoms with van der Waals surface area (Å²) in [6, 6.07) is 12.1. The lowest BCUT2D eigenvalue weighted by Crippen LogP contribution is -2.25. The molecular weight excluding hydrogens is 282 g/mol. The molecule has 2 rings (SSSR count). The first kappa shape index (κ1) is 15.8. The maximum absolute atomic E-state index is 6.39. The summed E-state index contributed by atoms with van der Waals surface area (Å²) in [5, 5.41) is 4.17. The van der Waals surface area contributed by atoms with E-state index in [-0.39, 0.29) is 0 Å². The van der Waals surface area contributed by atoms with E-state index in [1.54, 1.807) is 0 Å². The van der Waals surface area contributed by atoms with Gasteiger partial charge in [0.1, 0.15) is 0 Å². The largest absolute Gasteiger partial charge is 0.366 e. The summed E-state index contributed by atoms with van der Waals surface area (Å²) in [4.78, 5) is 6.72. The Bertz CT molecular complexity index is 557. The molecule has 2 aromatic rings. The molecule has 1 N–H and O–H groups in total. The van der Waals surface area contributed by atoms with Crippen LogP contribution >= 0.6 is 11.6 Å². The van der Waals surface area contributed by atoms with Crippen molar-refractivity contribution in [1.82, 2.24) is 10.3 Å². The summed E-state index contributed by atoms with van der Waals surface area (Å²) in [6.07, 6.45) is 1.83. The smallest absolute Gasteiger partial charge is 0.0602 e. The van der Waals surface area contributed by atoms with Crippen LogP contribution in [0.4, 0.5) is 5.69 Å². The van der Waals surface area contributed by atoms with Gasteiger partial charge in [-0.1, -0.05) is 30.7 Å². The molecule has 0 atom stereocenters. The lowest BCUT2D eigenvalue weighted by Gasteiger charge is -2.26. The molecule has 0 amide bonds. The molecule has 1 aromatic carbocycles. The highest BCUT2D eigenvalue weighted by Gasteiger charge is 2.13. The van der Waals surface area contributed by atoms with Crippen molar-refractivity contribution in [1.29, 1.82) is 0 Å².